The van der Waals surface area contributed by atoms with E-state index >= 15 is 0 Å². The van der Waals surface area contributed by atoms with Gasteiger partial charge in [0.2, 0.25) is 0 Å². The molecule has 1 aromatic heterocycles. The first-order valence-corrected chi connectivity index (χ1v) is 7.62. The fourth-order valence-corrected chi connectivity index (χ4v) is 2.49. The predicted octanol–water partition coefficient (Wildman–Crippen LogP) is 3.72. The third-order valence-electron chi connectivity index (χ3n) is 3.23. The second-order valence-electron chi connectivity index (χ2n) is 4.82. The largest absolute Gasteiger partial charge is 0.444 e. The van der Waals surface area contributed by atoms with Gasteiger partial charge in [0.15, 0.2) is 10.4 Å². The molecular weight excluding hydrogens is 320 g/mol. The first kappa shape index (κ1) is 14.9. The molecule has 1 aromatic rings. The predicted molar refractivity (Wildman–Crippen MR) is 82.2 cm³/mol. The van der Waals surface area contributed by atoms with Crippen LogP contribution in [0.2, 0.25) is 0 Å². The Morgan fingerprint density at radius 3 is 2.90 bits per heavy atom. The molecule has 0 unspecified atom stereocenters. The molecule has 1 aliphatic rings. The quantitative estimate of drug-likeness (QED) is 0.777. The molecule has 0 saturated heterocycles. The minimum Gasteiger partial charge on any atom is -0.444 e. The zero-order valence-corrected chi connectivity index (χ0v) is 13.0. The van der Waals surface area contributed by atoms with Crippen molar-refractivity contribution in [1.82, 2.24) is 10.6 Å². The van der Waals surface area contributed by atoms with Gasteiger partial charge >= 0.3 is 0 Å². The van der Waals surface area contributed by atoms with Crippen molar-refractivity contribution >= 4 is 21.8 Å². The van der Waals surface area contributed by atoms with Gasteiger partial charge in [-0.3, -0.25) is 4.79 Å². The van der Waals surface area contributed by atoms with Crippen molar-refractivity contribution in [3.8, 4) is 0 Å². The van der Waals surface area contributed by atoms with Crippen molar-refractivity contribution in [2.45, 2.75) is 32.1 Å². The van der Waals surface area contributed by atoms with Gasteiger partial charge in [-0.15, -0.1) is 0 Å². The first-order valence-electron chi connectivity index (χ1n) is 6.82. The molecule has 0 bridgehead atoms. The number of amides is 1. The molecule has 2 N–H and O–H groups in total. The molecule has 0 aromatic carbocycles. The second-order valence-corrected chi connectivity index (χ2v) is 5.60. The average Bonchev–Trinajstić information content (AvgIpc) is 2.87. The van der Waals surface area contributed by atoms with Crippen molar-refractivity contribution in [2.75, 3.05) is 6.54 Å². The van der Waals surface area contributed by atoms with Gasteiger partial charge in [-0.25, -0.2) is 0 Å². The van der Waals surface area contributed by atoms with E-state index in [1.54, 1.807) is 12.1 Å². The van der Waals surface area contributed by atoms with Gasteiger partial charge < -0.3 is 15.1 Å². The molecule has 0 saturated carbocycles. The third kappa shape index (κ3) is 4.56. The van der Waals surface area contributed by atoms with E-state index in [-0.39, 0.29) is 11.7 Å². The zero-order valence-electron chi connectivity index (χ0n) is 11.4. The van der Waals surface area contributed by atoms with Crippen LogP contribution in [-0.2, 0) is 0 Å². The van der Waals surface area contributed by atoms with Crippen molar-refractivity contribution in [3.05, 3.63) is 46.6 Å². The van der Waals surface area contributed by atoms with Gasteiger partial charge in [0.05, 0.1) is 5.82 Å². The highest BCUT2D eigenvalue weighted by Crippen LogP contribution is 2.19. The van der Waals surface area contributed by atoms with Crippen LogP contribution < -0.4 is 10.6 Å². The maximum absolute atomic E-state index is 11.8. The molecule has 0 aliphatic heterocycles. The SMILES string of the molecule is C=C(NCCC1=CCCCC1)NC(=O)c1ccc(Br)o1. The highest BCUT2D eigenvalue weighted by molar-refractivity contribution is 9.10. The summed E-state index contributed by atoms with van der Waals surface area (Å²) in [7, 11) is 0. The van der Waals surface area contributed by atoms with Crippen LogP contribution >= 0.6 is 15.9 Å². The van der Waals surface area contributed by atoms with Crippen LogP contribution in [0, 0.1) is 0 Å². The average molecular weight is 339 g/mol. The van der Waals surface area contributed by atoms with E-state index in [9.17, 15) is 4.79 Å². The number of rotatable bonds is 6. The summed E-state index contributed by atoms with van der Waals surface area (Å²) < 4.78 is 5.71. The summed E-state index contributed by atoms with van der Waals surface area (Å²) in [6.45, 7) is 4.58. The van der Waals surface area contributed by atoms with Gasteiger partial charge in [-0.1, -0.05) is 18.2 Å². The Morgan fingerprint density at radius 1 is 1.40 bits per heavy atom. The maximum atomic E-state index is 11.8. The van der Waals surface area contributed by atoms with Gasteiger partial charge in [0.25, 0.3) is 5.91 Å². The molecule has 0 spiro atoms. The fraction of sp³-hybridized carbons (Fsp3) is 0.400. The lowest BCUT2D eigenvalue weighted by Gasteiger charge is -2.14. The summed E-state index contributed by atoms with van der Waals surface area (Å²) in [5.41, 5.74) is 1.50. The van der Waals surface area contributed by atoms with Crippen LogP contribution in [-0.4, -0.2) is 12.5 Å². The van der Waals surface area contributed by atoms with Crippen molar-refractivity contribution in [1.29, 1.82) is 0 Å². The maximum Gasteiger partial charge on any atom is 0.292 e. The van der Waals surface area contributed by atoms with E-state index in [4.69, 9.17) is 4.42 Å². The lowest BCUT2D eigenvalue weighted by Crippen LogP contribution is -2.31. The van der Waals surface area contributed by atoms with Crippen LogP contribution in [0.3, 0.4) is 0 Å². The molecule has 0 radical (unpaired) electrons. The van der Waals surface area contributed by atoms with Crippen LogP contribution in [0.5, 0.6) is 0 Å². The number of halogens is 1. The lowest BCUT2D eigenvalue weighted by atomic mass is 9.97. The standard InChI is InChI=1S/C15H19BrN2O2/c1-11(17-10-9-12-5-3-2-4-6-12)18-15(19)13-7-8-14(16)20-13/h5,7-8,17H,1-4,6,9-10H2,(H,18,19). The molecular formula is C15H19BrN2O2. The Bertz CT molecular complexity index is 520. The van der Waals surface area contributed by atoms with Gasteiger partial charge in [0.1, 0.15) is 0 Å². The van der Waals surface area contributed by atoms with E-state index in [0.717, 1.165) is 13.0 Å². The molecule has 4 nitrogen and oxygen atoms in total. The van der Waals surface area contributed by atoms with Crippen LogP contribution in [0.1, 0.15) is 42.7 Å². The van der Waals surface area contributed by atoms with E-state index in [2.05, 4.69) is 39.2 Å². The molecule has 1 amide bonds. The summed E-state index contributed by atoms with van der Waals surface area (Å²) >= 11 is 3.16. The molecule has 2 rings (SSSR count). The molecule has 0 fully saturated rings. The summed E-state index contributed by atoms with van der Waals surface area (Å²) in [6.07, 6.45) is 8.31. The van der Waals surface area contributed by atoms with E-state index < -0.39 is 0 Å². The third-order valence-corrected chi connectivity index (χ3v) is 3.66. The number of carbonyl (C=O) groups excluding carboxylic acids is 1. The minimum atomic E-state index is -0.301. The minimum absolute atomic E-state index is 0.259. The highest BCUT2D eigenvalue weighted by Gasteiger charge is 2.11. The Balaban J connectivity index is 1.70. The summed E-state index contributed by atoms with van der Waals surface area (Å²) in [6, 6.07) is 3.29. The topological polar surface area (TPSA) is 54.3 Å². The van der Waals surface area contributed by atoms with E-state index in [1.165, 1.54) is 31.3 Å². The number of hydrogen-bond donors (Lipinski definition) is 2. The van der Waals surface area contributed by atoms with Gasteiger partial charge in [0, 0.05) is 6.54 Å². The second kappa shape index (κ2) is 7.33. The molecule has 1 heterocycles. The molecule has 1 aliphatic carbocycles. The number of hydrogen-bond acceptors (Lipinski definition) is 3. The molecule has 0 atom stereocenters. The highest BCUT2D eigenvalue weighted by atomic mass is 79.9. The Kier molecular flexibility index (Phi) is 5.47. The molecule has 20 heavy (non-hydrogen) atoms. The van der Waals surface area contributed by atoms with Crippen molar-refractivity contribution < 1.29 is 9.21 Å². The van der Waals surface area contributed by atoms with Crippen molar-refractivity contribution in [3.63, 3.8) is 0 Å². The Morgan fingerprint density at radius 2 is 2.25 bits per heavy atom. The number of allylic oxidation sites excluding steroid dienone is 1. The summed E-state index contributed by atoms with van der Waals surface area (Å²) in [5.74, 6) is 0.457. The van der Waals surface area contributed by atoms with E-state index in [0.29, 0.717) is 10.5 Å². The monoisotopic (exact) mass is 338 g/mol. The number of furan rings is 1. The van der Waals surface area contributed by atoms with Crippen LogP contribution in [0.4, 0.5) is 0 Å². The van der Waals surface area contributed by atoms with Crippen molar-refractivity contribution in [2.24, 2.45) is 0 Å². The van der Waals surface area contributed by atoms with Gasteiger partial charge in [-0.2, -0.15) is 0 Å². The molecule has 5 heteroatoms. The van der Waals surface area contributed by atoms with E-state index in [1.807, 2.05) is 0 Å². The van der Waals surface area contributed by atoms with Crippen LogP contribution in [0.15, 0.2) is 45.3 Å². The lowest BCUT2D eigenvalue weighted by molar-refractivity contribution is 0.0935. The normalized spacial score (nSPS) is 14.6. The van der Waals surface area contributed by atoms with Gasteiger partial charge in [-0.05, 0) is 60.2 Å². The zero-order chi connectivity index (χ0) is 14.4. The summed E-state index contributed by atoms with van der Waals surface area (Å²) in [4.78, 5) is 11.8. The Hall–Kier alpha value is -1.49. The Labute approximate surface area is 127 Å². The molecule has 108 valence electrons. The number of nitrogens with one attached hydrogen (secondary N) is 2. The smallest absolute Gasteiger partial charge is 0.292 e. The number of carbonyl (C=O) groups is 1. The first-order chi connectivity index (χ1) is 9.65. The fourth-order valence-electron chi connectivity index (χ4n) is 2.18. The van der Waals surface area contributed by atoms with Crippen LogP contribution in [0.25, 0.3) is 0 Å². The summed E-state index contributed by atoms with van der Waals surface area (Å²) in [5, 5.41) is 5.79.